The molecule has 0 aliphatic carbocycles. The Morgan fingerprint density at radius 3 is 2.32 bits per heavy atom. The summed E-state index contributed by atoms with van der Waals surface area (Å²) in [5.74, 6) is -0.695. The minimum absolute atomic E-state index is 0.0413. The summed E-state index contributed by atoms with van der Waals surface area (Å²) in [4.78, 5) is 40.7. The lowest BCUT2D eigenvalue weighted by Gasteiger charge is -2.20. The summed E-state index contributed by atoms with van der Waals surface area (Å²) >= 11 is 0. The van der Waals surface area contributed by atoms with Crippen LogP contribution in [0.2, 0.25) is 0 Å². The van der Waals surface area contributed by atoms with E-state index in [0.29, 0.717) is 29.1 Å². The molecule has 0 bridgehead atoms. The van der Waals surface area contributed by atoms with Gasteiger partial charge in [0.1, 0.15) is 5.70 Å². The molecule has 1 aromatic rings. The van der Waals surface area contributed by atoms with Crippen molar-refractivity contribution >= 4 is 29.0 Å². The molecule has 150 valence electrons. The number of nitrogens with zero attached hydrogens (tertiary/aromatic N) is 2. The Morgan fingerprint density at radius 1 is 1.11 bits per heavy atom. The van der Waals surface area contributed by atoms with E-state index in [1.165, 1.54) is 11.8 Å². The number of ether oxygens (including phenoxy) is 1. The molecule has 0 spiro atoms. The van der Waals surface area contributed by atoms with E-state index < -0.39 is 0 Å². The molecule has 0 saturated carbocycles. The van der Waals surface area contributed by atoms with Crippen LogP contribution in [0.15, 0.2) is 30.0 Å². The summed E-state index contributed by atoms with van der Waals surface area (Å²) in [6.45, 7) is 7.39. The molecule has 1 saturated heterocycles. The normalized spacial score (nSPS) is 17.3. The van der Waals surface area contributed by atoms with Gasteiger partial charge in [0, 0.05) is 25.7 Å². The van der Waals surface area contributed by atoms with E-state index in [0.717, 1.165) is 25.9 Å². The Labute approximate surface area is 165 Å². The maximum absolute atomic E-state index is 13.1. The fraction of sp³-hybridized carbons (Fsp3) is 0.476. The van der Waals surface area contributed by atoms with Crippen molar-refractivity contribution in [2.24, 2.45) is 0 Å². The third-order valence-corrected chi connectivity index (χ3v) is 4.83. The zero-order valence-corrected chi connectivity index (χ0v) is 16.7. The van der Waals surface area contributed by atoms with Gasteiger partial charge in [-0.25, -0.2) is 0 Å². The molecule has 1 N–H and O–H groups in total. The predicted molar refractivity (Wildman–Crippen MR) is 106 cm³/mol. The number of carbonyl (C=O) groups excluding carboxylic acids is 3. The molecule has 2 heterocycles. The van der Waals surface area contributed by atoms with Gasteiger partial charge in [-0.3, -0.25) is 19.3 Å². The summed E-state index contributed by atoms with van der Waals surface area (Å²) in [6.07, 6.45) is 2.06. The number of benzene rings is 1. The number of carbonyl (C=O) groups is 3. The van der Waals surface area contributed by atoms with Crippen LogP contribution in [0.1, 0.15) is 39.2 Å². The fourth-order valence-electron chi connectivity index (χ4n) is 3.56. The lowest BCUT2D eigenvalue weighted by atomic mass is 10.0. The van der Waals surface area contributed by atoms with E-state index in [2.05, 4.69) is 5.32 Å². The second-order valence-electron chi connectivity index (χ2n) is 7.36. The van der Waals surface area contributed by atoms with Gasteiger partial charge in [0.05, 0.1) is 24.8 Å². The van der Waals surface area contributed by atoms with E-state index in [9.17, 15) is 14.4 Å². The summed E-state index contributed by atoms with van der Waals surface area (Å²) in [7, 11) is 0. The van der Waals surface area contributed by atoms with E-state index in [1.54, 1.807) is 24.3 Å². The highest BCUT2D eigenvalue weighted by molar-refractivity contribution is 6.35. The number of imide groups is 1. The summed E-state index contributed by atoms with van der Waals surface area (Å²) in [5, 5.41) is 2.71. The largest absolute Gasteiger partial charge is 0.377 e. The maximum atomic E-state index is 13.1. The second kappa shape index (κ2) is 8.56. The van der Waals surface area contributed by atoms with Crippen molar-refractivity contribution in [2.75, 3.05) is 31.6 Å². The van der Waals surface area contributed by atoms with Gasteiger partial charge in [0.25, 0.3) is 11.8 Å². The fourth-order valence-corrected chi connectivity index (χ4v) is 3.56. The van der Waals surface area contributed by atoms with Crippen molar-refractivity contribution in [1.29, 1.82) is 0 Å². The molecule has 28 heavy (non-hydrogen) atoms. The molecule has 1 aromatic carbocycles. The molecule has 7 nitrogen and oxygen atoms in total. The standard InChI is InChI=1S/C21H27N3O4/c1-14(2)28-13-12-24-20(26)18(19(21(24)27)23-10-4-5-11-23)16-6-8-17(9-7-16)22-15(3)25/h6-9,14H,4-5,10-13H2,1-3H3,(H,22,25). The molecule has 7 heteroatoms. The average Bonchev–Trinajstić information content (AvgIpc) is 3.23. The number of amides is 3. The third-order valence-electron chi connectivity index (χ3n) is 4.83. The first-order valence-corrected chi connectivity index (χ1v) is 9.73. The third kappa shape index (κ3) is 4.25. The molecule has 2 aliphatic heterocycles. The van der Waals surface area contributed by atoms with Crippen LogP contribution in [0.5, 0.6) is 0 Å². The summed E-state index contributed by atoms with van der Waals surface area (Å²) in [5.41, 5.74) is 2.25. The number of likely N-dealkylation sites (tertiary alicyclic amines) is 1. The van der Waals surface area contributed by atoms with Crippen molar-refractivity contribution in [2.45, 2.75) is 39.7 Å². The molecule has 0 radical (unpaired) electrons. The van der Waals surface area contributed by atoms with Gasteiger partial charge < -0.3 is 15.0 Å². The first-order chi connectivity index (χ1) is 13.4. The Bertz CT molecular complexity index is 792. The SMILES string of the molecule is CC(=O)Nc1ccc(C2=C(N3CCCC3)C(=O)N(CCOC(C)C)C2=O)cc1. The van der Waals surface area contributed by atoms with Crippen molar-refractivity contribution in [3.05, 3.63) is 35.5 Å². The number of hydrogen-bond donors (Lipinski definition) is 1. The summed E-state index contributed by atoms with van der Waals surface area (Å²) in [6, 6.07) is 7.03. The minimum Gasteiger partial charge on any atom is -0.377 e. The topological polar surface area (TPSA) is 79.0 Å². The van der Waals surface area contributed by atoms with Gasteiger partial charge in [0.2, 0.25) is 5.91 Å². The number of rotatable bonds is 7. The predicted octanol–water partition coefficient (Wildman–Crippen LogP) is 2.25. The number of hydrogen-bond acceptors (Lipinski definition) is 5. The molecular weight excluding hydrogens is 358 g/mol. The van der Waals surface area contributed by atoms with Crippen molar-refractivity contribution in [1.82, 2.24) is 9.80 Å². The quantitative estimate of drug-likeness (QED) is 0.729. The zero-order valence-electron chi connectivity index (χ0n) is 16.7. The molecule has 0 unspecified atom stereocenters. The van der Waals surface area contributed by atoms with Crippen LogP contribution in [0.3, 0.4) is 0 Å². The van der Waals surface area contributed by atoms with E-state index in [1.807, 2.05) is 18.7 Å². The van der Waals surface area contributed by atoms with Gasteiger partial charge >= 0.3 is 0 Å². The molecule has 0 aromatic heterocycles. The smallest absolute Gasteiger partial charge is 0.277 e. The first-order valence-electron chi connectivity index (χ1n) is 9.73. The minimum atomic E-state index is -0.286. The van der Waals surface area contributed by atoms with Crippen LogP contribution >= 0.6 is 0 Å². The van der Waals surface area contributed by atoms with Gasteiger partial charge in [-0.1, -0.05) is 12.1 Å². The van der Waals surface area contributed by atoms with Crippen LogP contribution in [0, 0.1) is 0 Å². The molecule has 3 rings (SSSR count). The monoisotopic (exact) mass is 385 g/mol. The van der Waals surface area contributed by atoms with E-state index in [4.69, 9.17) is 4.74 Å². The second-order valence-corrected chi connectivity index (χ2v) is 7.36. The lowest BCUT2D eigenvalue weighted by molar-refractivity contribution is -0.138. The zero-order chi connectivity index (χ0) is 20.3. The van der Waals surface area contributed by atoms with Crippen LogP contribution < -0.4 is 5.32 Å². The molecular formula is C21H27N3O4. The molecule has 3 amide bonds. The van der Waals surface area contributed by atoms with Crippen LogP contribution in [-0.4, -0.2) is 59.9 Å². The average molecular weight is 385 g/mol. The van der Waals surface area contributed by atoms with Crippen molar-refractivity contribution in [3.63, 3.8) is 0 Å². The van der Waals surface area contributed by atoms with E-state index >= 15 is 0 Å². The summed E-state index contributed by atoms with van der Waals surface area (Å²) < 4.78 is 5.54. The Hall–Kier alpha value is -2.67. The van der Waals surface area contributed by atoms with Gasteiger partial charge in [-0.2, -0.15) is 0 Å². The van der Waals surface area contributed by atoms with Gasteiger partial charge in [-0.15, -0.1) is 0 Å². The Morgan fingerprint density at radius 2 is 1.75 bits per heavy atom. The van der Waals surface area contributed by atoms with Crippen molar-refractivity contribution < 1.29 is 19.1 Å². The first kappa shape index (κ1) is 20.1. The maximum Gasteiger partial charge on any atom is 0.277 e. The lowest BCUT2D eigenvalue weighted by Crippen LogP contribution is -2.37. The highest BCUT2D eigenvalue weighted by Gasteiger charge is 2.41. The van der Waals surface area contributed by atoms with E-state index in [-0.39, 0.29) is 30.4 Å². The molecule has 0 atom stereocenters. The van der Waals surface area contributed by atoms with Crippen molar-refractivity contribution in [3.8, 4) is 0 Å². The highest BCUT2D eigenvalue weighted by Crippen LogP contribution is 2.33. The van der Waals surface area contributed by atoms with Crippen LogP contribution in [0.25, 0.3) is 5.57 Å². The highest BCUT2D eigenvalue weighted by atomic mass is 16.5. The number of anilines is 1. The Balaban J connectivity index is 1.90. The number of nitrogens with one attached hydrogen (secondary N) is 1. The van der Waals surface area contributed by atoms with Crippen LogP contribution in [-0.2, 0) is 19.1 Å². The van der Waals surface area contributed by atoms with Gasteiger partial charge in [-0.05, 0) is 44.4 Å². The molecule has 1 fully saturated rings. The molecule has 2 aliphatic rings. The van der Waals surface area contributed by atoms with Gasteiger partial charge in [0.15, 0.2) is 0 Å². The Kier molecular flexibility index (Phi) is 6.14. The van der Waals surface area contributed by atoms with Crippen LogP contribution in [0.4, 0.5) is 5.69 Å².